The zero-order valence-electron chi connectivity index (χ0n) is 8.66. The summed E-state index contributed by atoms with van der Waals surface area (Å²) >= 11 is 2.00. The Balaban J connectivity index is 2.57. The van der Waals surface area contributed by atoms with Crippen molar-refractivity contribution in [3.63, 3.8) is 0 Å². The van der Waals surface area contributed by atoms with Crippen molar-refractivity contribution in [2.75, 3.05) is 0 Å². The summed E-state index contributed by atoms with van der Waals surface area (Å²) in [5.74, 6) is 0.759. The van der Waals surface area contributed by atoms with Gasteiger partial charge >= 0.3 is 0 Å². The number of rotatable bonds is 4. The first-order chi connectivity index (χ1) is 6.24. The Labute approximate surface area is 85.7 Å². The number of hydrogen-bond acceptors (Lipinski definition) is 1. The molecule has 0 amide bonds. The summed E-state index contributed by atoms with van der Waals surface area (Å²) in [4.78, 5) is 1.39. The van der Waals surface area contributed by atoms with E-state index in [0.29, 0.717) is 0 Å². The van der Waals surface area contributed by atoms with Crippen LogP contribution in [0.1, 0.15) is 27.2 Å². The second kappa shape index (κ2) is 5.33. The molecule has 0 nitrogen and oxygen atoms in total. The molecule has 0 fully saturated rings. The Hall–Kier alpha value is -0.430. The highest BCUT2D eigenvalue weighted by Gasteiger charge is 2.11. The molecule has 1 aromatic carbocycles. The summed E-state index contributed by atoms with van der Waals surface area (Å²) < 4.78 is 0. The average Bonchev–Trinajstić information content (AvgIpc) is 2.15. The molecule has 0 N–H and O–H groups in total. The fourth-order valence-corrected chi connectivity index (χ4v) is 2.47. The summed E-state index contributed by atoms with van der Waals surface area (Å²) in [7, 11) is 0. The summed E-state index contributed by atoms with van der Waals surface area (Å²) in [5.41, 5.74) is 0. The van der Waals surface area contributed by atoms with Gasteiger partial charge in [-0.25, -0.2) is 0 Å². The maximum absolute atomic E-state index is 2.30. The molecule has 72 valence electrons. The third-order valence-corrected chi connectivity index (χ3v) is 3.90. The van der Waals surface area contributed by atoms with Crippen LogP contribution in [0, 0.1) is 5.92 Å². The van der Waals surface area contributed by atoms with E-state index in [1.165, 1.54) is 11.3 Å². The van der Waals surface area contributed by atoms with Crippen LogP contribution in [0.4, 0.5) is 0 Å². The van der Waals surface area contributed by atoms with Crippen LogP contribution in [0.2, 0.25) is 0 Å². The Morgan fingerprint density at radius 2 is 1.77 bits per heavy atom. The molecule has 1 aromatic rings. The van der Waals surface area contributed by atoms with Gasteiger partial charge in [-0.1, -0.05) is 39.0 Å². The van der Waals surface area contributed by atoms with Gasteiger partial charge in [-0.05, 0) is 24.5 Å². The van der Waals surface area contributed by atoms with Crippen molar-refractivity contribution in [2.45, 2.75) is 37.3 Å². The topological polar surface area (TPSA) is 0 Å². The molecule has 1 atom stereocenters. The highest BCUT2D eigenvalue weighted by atomic mass is 32.2. The molecule has 0 radical (unpaired) electrons. The Morgan fingerprint density at radius 3 is 2.23 bits per heavy atom. The lowest BCUT2D eigenvalue weighted by molar-refractivity contribution is 0.594. The first-order valence-electron chi connectivity index (χ1n) is 4.95. The summed E-state index contributed by atoms with van der Waals surface area (Å²) in [6.07, 6.45) is 1.25. The van der Waals surface area contributed by atoms with Crippen molar-refractivity contribution >= 4 is 11.8 Å². The van der Waals surface area contributed by atoms with Gasteiger partial charge in [-0.3, -0.25) is 0 Å². The van der Waals surface area contributed by atoms with Gasteiger partial charge in [0.1, 0.15) is 0 Å². The molecule has 0 saturated heterocycles. The van der Waals surface area contributed by atoms with E-state index in [1.54, 1.807) is 0 Å². The first-order valence-corrected chi connectivity index (χ1v) is 5.83. The first kappa shape index (κ1) is 10.6. The molecule has 0 heterocycles. The second-order valence-corrected chi connectivity index (χ2v) is 4.93. The maximum Gasteiger partial charge on any atom is 0.0115 e. The van der Waals surface area contributed by atoms with Gasteiger partial charge < -0.3 is 0 Å². The van der Waals surface area contributed by atoms with E-state index in [9.17, 15) is 0 Å². The lowest BCUT2D eigenvalue weighted by Crippen LogP contribution is -2.08. The van der Waals surface area contributed by atoms with Crippen LogP contribution in [-0.4, -0.2) is 5.25 Å². The van der Waals surface area contributed by atoms with Gasteiger partial charge in [0.05, 0.1) is 0 Å². The molecular weight excluding hydrogens is 176 g/mol. The number of thioether (sulfide) groups is 1. The van der Waals surface area contributed by atoms with Crippen LogP contribution < -0.4 is 0 Å². The van der Waals surface area contributed by atoms with Crippen molar-refractivity contribution in [1.82, 2.24) is 0 Å². The molecule has 0 aromatic heterocycles. The maximum atomic E-state index is 2.30. The fraction of sp³-hybridized carbons (Fsp3) is 0.500. The summed E-state index contributed by atoms with van der Waals surface area (Å²) in [6.45, 7) is 6.86. The van der Waals surface area contributed by atoms with Crippen molar-refractivity contribution < 1.29 is 0 Å². The Kier molecular flexibility index (Phi) is 4.37. The van der Waals surface area contributed by atoms with Gasteiger partial charge in [0, 0.05) is 10.1 Å². The molecule has 0 bridgehead atoms. The molecule has 0 saturated carbocycles. The smallest absolute Gasteiger partial charge is 0.0115 e. The van der Waals surface area contributed by atoms with Crippen LogP contribution in [0.5, 0.6) is 0 Å². The zero-order chi connectivity index (χ0) is 9.68. The van der Waals surface area contributed by atoms with Crippen molar-refractivity contribution in [3.8, 4) is 0 Å². The minimum atomic E-state index is 0.752. The number of benzene rings is 1. The van der Waals surface area contributed by atoms with E-state index in [0.717, 1.165) is 11.2 Å². The quantitative estimate of drug-likeness (QED) is 0.647. The van der Waals surface area contributed by atoms with Crippen molar-refractivity contribution in [2.24, 2.45) is 5.92 Å². The molecule has 1 unspecified atom stereocenters. The van der Waals surface area contributed by atoms with E-state index in [2.05, 4.69) is 51.1 Å². The van der Waals surface area contributed by atoms with Crippen molar-refractivity contribution in [3.05, 3.63) is 30.3 Å². The van der Waals surface area contributed by atoms with Crippen LogP contribution in [0.3, 0.4) is 0 Å². The predicted octanol–water partition coefficient (Wildman–Crippen LogP) is 4.21. The molecule has 0 aliphatic heterocycles. The SMILES string of the molecule is CCC(Sc1ccccc1)C(C)C. The van der Waals surface area contributed by atoms with E-state index in [-0.39, 0.29) is 0 Å². The van der Waals surface area contributed by atoms with Crippen LogP contribution in [0.25, 0.3) is 0 Å². The minimum absolute atomic E-state index is 0.752. The van der Waals surface area contributed by atoms with Gasteiger partial charge in [-0.2, -0.15) is 0 Å². The lowest BCUT2D eigenvalue weighted by Gasteiger charge is -2.18. The second-order valence-electron chi connectivity index (χ2n) is 3.62. The third-order valence-electron chi connectivity index (χ3n) is 2.18. The van der Waals surface area contributed by atoms with E-state index >= 15 is 0 Å². The molecule has 0 aliphatic rings. The summed E-state index contributed by atoms with van der Waals surface area (Å²) in [6, 6.07) is 10.7. The molecule has 0 spiro atoms. The van der Waals surface area contributed by atoms with Gasteiger partial charge in [0.25, 0.3) is 0 Å². The Bertz CT molecular complexity index is 228. The molecule has 0 aliphatic carbocycles. The third kappa shape index (κ3) is 3.43. The standard InChI is InChI=1S/C12H18S/c1-4-12(10(2)3)13-11-8-6-5-7-9-11/h5-10,12H,4H2,1-3H3. The van der Waals surface area contributed by atoms with E-state index in [4.69, 9.17) is 0 Å². The zero-order valence-corrected chi connectivity index (χ0v) is 9.47. The average molecular weight is 194 g/mol. The predicted molar refractivity (Wildman–Crippen MR) is 61.2 cm³/mol. The van der Waals surface area contributed by atoms with Crippen LogP contribution in [0.15, 0.2) is 35.2 Å². The Morgan fingerprint density at radius 1 is 1.15 bits per heavy atom. The molecular formula is C12H18S. The monoisotopic (exact) mass is 194 g/mol. The van der Waals surface area contributed by atoms with Crippen LogP contribution >= 0.6 is 11.8 Å². The van der Waals surface area contributed by atoms with E-state index in [1.807, 2.05) is 11.8 Å². The largest absolute Gasteiger partial charge is 0.122 e. The molecule has 1 heteroatoms. The van der Waals surface area contributed by atoms with Crippen LogP contribution in [-0.2, 0) is 0 Å². The van der Waals surface area contributed by atoms with Crippen molar-refractivity contribution in [1.29, 1.82) is 0 Å². The van der Waals surface area contributed by atoms with E-state index < -0.39 is 0 Å². The summed E-state index contributed by atoms with van der Waals surface area (Å²) in [5, 5.41) is 0.752. The van der Waals surface area contributed by atoms with Gasteiger partial charge in [0.15, 0.2) is 0 Å². The minimum Gasteiger partial charge on any atom is -0.122 e. The fourth-order valence-electron chi connectivity index (χ4n) is 1.36. The lowest BCUT2D eigenvalue weighted by atomic mass is 10.1. The number of hydrogen-bond donors (Lipinski definition) is 0. The molecule has 13 heavy (non-hydrogen) atoms. The molecule has 1 rings (SSSR count). The normalized spacial score (nSPS) is 13.2. The highest BCUT2D eigenvalue weighted by Crippen LogP contribution is 2.29. The highest BCUT2D eigenvalue weighted by molar-refractivity contribution is 8.00. The van der Waals surface area contributed by atoms with Gasteiger partial charge in [-0.15, -0.1) is 11.8 Å². The van der Waals surface area contributed by atoms with Gasteiger partial charge in [0.2, 0.25) is 0 Å².